The number of urea groups is 1. The fourth-order valence-corrected chi connectivity index (χ4v) is 3.76. The molecule has 170 valence electrons. The summed E-state index contributed by atoms with van der Waals surface area (Å²) in [6.45, 7) is 1.38. The number of aliphatic carboxylic acids is 1. The van der Waals surface area contributed by atoms with Gasteiger partial charge in [0, 0.05) is 38.7 Å². The number of benzene rings is 1. The predicted octanol–water partition coefficient (Wildman–Crippen LogP) is 3.46. The Morgan fingerprint density at radius 2 is 1.71 bits per heavy atom. The summed E-state index contributed by atoms with van der Waals surface area (Å²) >= 11 is 0. The van der Waals surface area contributed by atoms with E-state index < -0.39 is 12.1 Å². The molecule has 1 aromatic rings. The third-order valence-electron chi connectivity index (χ3n) is 5.30. The van der Waals surface area contributed by atoms with Gasteiger partial charge in [0.15, 0.2) is 0 Å². The van der Waals surface area contributed by atoms with Crippen LogP contribution in [0.3, 0.4) is 0 Å². The maximum atomic E-state index is 11.9. The summed E-state index contributed by atoms with van der Waals surface area (Å²) in [5, 5.41) is 7.12. The van der Waals surface area contributed by atoms with Crippen molar-refractivity contribution in [3.8, 4) is 0 Å². The van der Waals surface area contributed by atoms with E-state index in [0.29, 0.717) is 18.7 Å². The lowest BCUT2D eigenvalue weighted by Gasteiger charge is -2.36. The highest BCUT2D eigenvalue weighted by atomic mass is 19.4. The molecule has 3 rings (SSSR count). The number of carbonyl (C=O) groups excluding carboxylic acids is 2. The molecular weight excluding hydrogens is 415 g/mol. The molecule has 0 bridgehead atoms. The van der Waals surface area contributed by atoms with Crippen LogP contribution >= 0.6 is 0 Å². The molecule has 3 amide bonds. The largest absolute Gasteiger partial charge is 0.490 e. The van der Waals surface area contributed by atoms with E-state index in [2.05, 4.69) is 12.1 Å². The van der Waals surface area contributed by atoms with Gasteiger partial charge >= 0.3 is 18.2 Å². The Morgan fingerprint density at radius 3 is 2.16 bits per heavy atom. The van der Waals surface area contributed by atoms with Gasteiger partial charge in [-0.2, -0.15) is 13.2 Å². The molecule has 0 unspecified atom stereocenters. The molecular formula is C21H26F3N3O4. The molecule has 1 aliphatic carbocycles. The van der Waals surface area contributed by atoms with Crippen LogP contribution in [0.4, 0.5) is 18.0 Å². The topological polar surface area (TPSA) is 104 Å². The Bertz CT molecular complexity index is 869. The summed E-state index contributed by atoms with van der Waals surface area (Å²) in [5.41, 5.74) is 9.54. The van der Waals surface area contributed by atoms with Gasteiger partial charge in [-0.3, -0.25) is 4.79 Å². The molecule has 0 saturated carbocycles. The molecule has 0 aromatic heterocycles. The van der Waals surface area contributed by atoms with Crippen LogP contribution in [0.5, 0.6) is 0 Å². The van der Waals surface area contributed by atoms with E-state index in [0.717, 1.165) is 30.4 Å². The van der Waals surface area contributed by atoms with Crippen LogP contribution in [0.25, 0.3) is 5.57 Å². The SMILES string of the molecule is CN1CC(c2ccc(C(N)=O)c(C3=CCCCC3)c2)CN(C)C1=O.O=C(O)C(F)(F)F. The number of hydrogen-bond donors (Lipinski definition) is 2. The number of carboxylic acid groups (broad SMARTS) is 1. The molecule has 10 heteroatoms. The Labute approximate surface area is 178 Å². The molecule has 1 saturated heterocycles. The van der Waals surface area contributed by atoms with Crippen molar-refractivity contribution < 1.29 is 32.7 Å². The van der Waals surface area contributed by atoms with E-state index in [9.17, 15) is 22.8 Å². The first-order valence-corrected chi connectivity index (χ1v) is 9.81. The second-order valence-corrected chi connectivity index (χ2v) is 7.69. The van der Waals surface area contributed by atoms with Gasteiger partial charge in [-0.15, -0.1) is 0 Å². The second kappa shape index (κ2) is 9.84. The normalized spacial score (nSPS) is 17.6. The summed E-state index contributed by atoms with van der Waals surface area (Å²) in [6, 6.07) is 5.99. The highest BCUT2D eigenvalue weighted by Crippen LogP contribution is 2.32. The first kappa shape index (κ1) is 24.2. The van der Waals surface area contributed by atoms with Crippen molar-refractivity contribution in [2.45, 2.75) is 37.8 Å². The van der Waals surface area contributed by atoms with Gasteiger partial charge in [0.1, 0.15) is 0 Å². The standard InChI is InChI=1S/C19H25N3O2.C2HF3O2/c1-21-11-15(12-22(2)19(21)24)14-8-9-16(18(20)23)17(10-14)13-6-4-3-5-7-13;3-2(4,5)1(6)7/h6,8-10,15H,3-5,7,11-12H2,1-2H3,(H2,20,23);(H,6,7). The van der Waals surface area contributed by atoms with Crippen LogP contribution in [0.15, 0.2) is 24.3 Å². The van der Waals surface area contributed by atoms with Crippen molar-refractivity contribution >= 4 is 23.5 Å². The average Bonchev–Trinajstić information content (AvgIpc) is 2.71. The monoisotopic (exact) mass is 441 g/mol. The van der Waals surface area contributed by atoms with Gasteiger partial charge in [-0.1, -0.05) is 18.2 Å². The maximum Gasteiger partial charge on any atom is 0.490 e. The molecule has 1 aromatic carbocycles. The van der Waals surface area contributed by atoms with Crippen LogP contribution in [-0.4, -0.2) is 66.2 Å². The smallest absolute Gasteiger partial charge is 0.475 e. The molecule has 0 spiro atoms. The second-order valence-electron chi connectivity index (χ2n) is 7.69. The molecule has 2 aliphatic rings. The molecule has 31 heavy (non-hydrogen) atoms. The summed E-state index contributed by atoms with van der Waals surface area (Å²) in [6.07, 6.45) is 1.55. The molecule has 1 heterocycles. The summed E-state index contributed by atoms with van der Waals surface area (Å²) in [4.78, 5) is 36.2. The minimum Gasteiger partial charge on any atom is -0.475 e. The number of primary amides is 1. The lowest BCUT2D eigenvalue weighted by molar-refractivity contribution is -0.192. The summed E-state index contributed by atoms with van der Waals surface area (Å²) < 4.78 is 31.7. The van der Waals surface area contributed by atoms with E-state index in [1.165, 1.54) is 12.0 Å². The zero-order valence-corrected chi connectivity index (χ0v) is 17.4. The number of carboxylic acids is 1. The van der Waals surface area contributed by atoms with Crippen LogP contribution < -0.4 is 5.73 Å². The Morgan fingerprint density at radius 1 is 1.13 bits per heavy atom. The van der Waals surface area contributed by atoms with E-state index >= 15 is 0 Å². The number of hydrogen-bond acceptors (Lipinski definition) is 3. The number of carbonyl (C=O) groups is 3. The van der Waals surface area contributed by atoms with Gasteiger partial charge in [0.25, 0.3) is 0 Å². The van der Waals surface area contributed by atoms with Crippen LogP contribution in [0.2, 0.25) is 0 Å². The molecule has 1 fully saturated rings. The zero-order chi connectivity index (χ0) is 23.3. The molecule has 0 radical (unpaired) electrons. The first-order chi connectivity index (χ1) is 14.4. The van der Waals surface area contributed by atoms with Gasteiger partial charge in [0.2, 0.25) is 5.91 Å². The minimum atomic E-state index is -5.08. The maximum absolute atomic E-state index is 11.9. The van der Waals surface area contributed by atoms with Crippen molar-refractivity contribution in [3.63, 3.8) is 0 Å². The quantitative estimate of drug-likeness (QED) is 0.750. The van der Waals surface area contributed by atoms with Gasteiger partial charge in [0.05, 0.1) is 0 Å². The van der Waals surface area contributed by atoms with Crippen LogP contribution in [-0.2, 0) is 4.79 Å². The van der Waals surface area contributed by atoms with Crippen molar-refractivity contribution in [2.75, 3.05) is 27.2 Å². The number of amides is 3. The third-order valence-corrected chi connectivity index (χ3v) is 5.30. The number of nitrogens with zero attached hydrogens (tertiary/aromatic N) is 2. The molecule has 7 nitrogen and oxygen atoms in total. The highest BCUT2D eigenvalue weighted by Gasteiger charge is 2.38. The fraction of sp³-hybridized carbons (Fsp3) is 0.476. The average molecular weight is 441 g/mol. The Kier molecular flexibility index (Phi) is 7.70. The number of likely N-dealkylation sites (N-methyl/N-ethyl adjacent to an activating group) is 2. The van der Waals surface area contributed by atoms with Crippen molar-refractivity contribution in [2.24, 2.45) is 5.73 Å². The van der Waals surface area contributed by atoms with Gasteiger partial charge in [-0.05, 0) is 48.4 Å². The van der Waals surface area contributed by atoms with Gasteiger partial charge in [-0.25, -0.2) is 9.59 Å². The van der Waals surface area contributed by atoms with Gasteiger partial charge < -0.3 is 20.6 Å². The molecule has 1 aliphatic heterocycles. The fourth-order valence-electron chi connectivity index (χ4n) is 3.76. The van der Waals surface area contributed by atoms with Crippen LogP contribution in [0, 0.1) is 0 Å². The number of rotatable bonds is 3. The van der Waals surface area contributed by atoms with Crippen molar-refractivity contribution in [1.82, 2.24) is 9.80 Å². The lowest BCUT2D eigenvalue weighted by Crippen LogP contribution is -2.48. The first-order valence-electron chi connectivity index (χ1n) is 9.81. The van der Waals surface area contributed by atoms with Crippen molar-refractivity contribution in [3.05, 3.63) is 41.0 Å². The minimum absolute atomic E-state index is 0.0511. The molecule has 3 N–H and O–H groups in total. The summed E-state index contributed by atoms with van der Waals surface area (Å²) in [5.74, 6) is -2.90. The lowest BCUT2D eigenvalue weighted by atomic mass is 9.86. The van der Waals surface area contributed by atoms with E-state index in [1.54, 1.807) is 9.80 Å². The number of allylic oxidation sites excluding steroid dienone is 2. The van der Waals surface area contributed by atoms with Crippen molar-refractivity contribution in [1.29, 1.82) is 0 Å². The Balaban J connectivity index is 0.000000423. The van der Waals surface area contributed by atoms with E-state index in [4.69, 9.17) is 15.6 Å². The number of alkyl halides is 3. The number of halogens is 3. The van der Waals surface area contributed by atoms with Crippen LogP contribution in [0.1, 0.15) is 53.1 Å². The van der Waals surface area contributed by atoms with E-state index in [-0.39, 0.29) is 17.9 Å². The molecule has 0 atom stereocenters. The Hall–Kier alpha value is -3.04. The predicted molar refractivity (Wildman–Crippen MR) is 108 cm³/mol. The summed E-state index contributed by atoms with van der Waals surface area (Å²) in [7, 11) is 3.65. The zero-order valence-electron chi connectivity index (χ0n) is 17.4. The third kappa shape index (κ3) is 6.22. The van der Waals surface area contributed by atoms with E-state index in [1.807, 2.05) is 26.2 Å². The number of nitrogens with two attached hydrogens (primary N) is 1. The highest BCUT2D eigenvalue weighted by molar-refractivity contribution is 5.98.